The Balaban J connectivity index is 1.58. The molecule has 0 atom stereocenters. The van der Waals surface area contributed by atoms with Crippen LogP contribution >= 0.6 is 35.0 Å². The highest BCUT2D eigenvalue weighted by atomic mass is 35.5. The third-order valence-electron chi connectivity index (χ3n) is 3.00. The van der Waals surface area contributed by atoms with Crippen LogP contribution in [0.2, 0.25) is 10.0 Å². The Bertz CT molecular complexity index is 839. The minimum Gasteiger partial charge on any atom is -0.459 e. The van der Waals surface area contributed by atoms with Gasteiger partial charge in [0.1, 0.15) is 5.03 Å². The Labute approximate surface area is 152 Å². The van der Waals surface area contributed by atoms with Crippen molar-refractivity contribution in [2.45, 2.75) is 10.8 Å². The van der Waals surface area contributed by atoms with E-state index in [4.69, 9.17) is 27.6 Å². The number of halogens is 2. The number of hydrogen-bond acceptors (Lipinski definition) is 5. The molecule has 0 saturated carbocycles. The Morgan fingerprint density at radius 2 is 2.00 bits per heavy atom. The van der Waals surface area contributed by atoms with E-state index in [0.29, 0.717) is 21.6 Å². The fraction of sp³-hybridized carbons (Fsp3) is 0.0625. The summed E-state index contributed by atoms with van der Waals surface area (Å²) in [7, 11) is 0. The summed E-state index contributed by atoms with van der Waals surface area (Å²) >= 11 is 13.4. The molecule has 2 aromatic heterocycles. The summed E-state index contributed by atoms with van der Waals surface area (Å²) in [5.41, 5.74) is 1.03. The molecule has 0 unspecified atom stereocenters. The zero-order chi connectivity index (χ0) is 16.9. The third kappa shape index (κ3) is 4.29. The standard InChI is InChI=1S/C16H11Cl2N3O2S/c17-11-4-3-10(8-12(11)18)9-24-15-6-5-14(20-21-15)19-16(22)13-2-1-7-23-13/h1-8H,9H2,(H,19,20,22). The first-order chi connectivity index (χ1) is 11.6. The van der Waals surface area contributed by atoms with E-state index in [-0.39, 0.29) is 11.7 Å². The van der Waals surface area contributed by atoms with E-state index in [9.17, 15) is 4.79 Å². The first-order valence-corrected chi connectivity index (χ1v) is 8.61. The quantitative estimate of drug-likeness (QED) is 0.637. The van der Waals surface area contributed by atoms with Gasteiger partial charge in [0.05, 0.1) is 16.3 Å². The maximum atomic E-state index is 11.8. The lowest BCUT2D eigenvalue weighted by molar-refractivity contribution is 0.0996. The number of rotatable bonds is 5. The molecule has 24 heavy (non-hydrogen) atoms. The van der Waals surface area contributed by atoms with Crippen molar-refractivity contribution in [3.8, 4) is 0 Å². The highest BCUT2D eigenvalue weighted by molar-refractivity contribution is 7.98. The minimum atomic E-state index is -0.370. The summed E-state index contributed by atoms with van der Waals surface area (Å²) in [6.07, 6.45) is 1.43. The molecule has 122 valence electrons. The number of benzene rings is 1. The molecule has 1 amide bonds. The van der Waals surface area contributed by atoms with Crippen LogP contribution in [-0.4, -0.2) is 16.1 Å². The number of nitrogens with one attached hydrogen (secondary N) is 1. The fourth-order valence-electron chi connectivity index (χ4n) is 1.84. The fourth-order valence-corrected chi connectivity index (χ4v) is 2.91. The zero-order valence-electron chi connectivity index (χ0n) is 12.2. The molecular weight excluding hydrogens is 369 g/mol. The number of carbonyl (C=O) groups excluding carboxylic acids is 1. The molecule has 0 aliphatic rings. The molecule has 0 aliphatic heterocycles. The minimum absolute atomic E-state index is 0.217. The number of thioether (sulfide) groups is 1. The molecule has 0 aliphatic carbocycles. The summed E-state index contributed by atoms with van der Waals surface area (Å²) in [5.74, 6) is 0.889. The molecule has 0 fully saturated rings. The van der Waals surface area contributed by atoms with Gasteiger partial charge in [-0.3, -0.25) is 4.79 Å². The molecule has 0 spiro atoms. The lowest BCUT2D eigenvalue weighted by Gasteiger charge is -2.04. The van der Waals surface area contributed by atoms with Crippen molar-refractivity contribution in [3.63, 3.8) is 0 Å². The van der Waals surface area contributed by atoms with E-state index in [2.05, 4.69) is 15.5 Å². The summed E-state index contributed by atoms with van der Waals surface area (Å²) in [6.45, 7) is 0. The second kappa shape index (κ2) is 7.70. The predicted molar refractivity (Wildman–Crippen MR) is 94.7 cm³/mol. The number of carbonyl (C=O) groups is 1. The number of aromatic nitrogens is 2. The average Bonchev–Trinajstić information content (AvgIpc) is 3.12. The number of amides is 1. The normalized spacial score (nSPS) is 10.6. The van der Waals surface area contributed by atoms with Gasteiger partial charge in [-0.25, -0.2) is 0 Å². The molecule has 0 radical (unpaired) electrons. The lowest BCUT2D eigenvalue weighted by Crippen LogP contribution is -2.12. The van der Waals surface area contributed by atoms with Gasteiger partial charge >= 0.3 is 0 Å². The molecular formula is C16H11Cl2N3O2S. The first-order valence-electron chi connectivity index (χ1n) is 6.87. The number of anilines is 1. The van der Waals surface area contributed by atoms with Crippen molar-refractivity contribution in [3.05, 3.63) is 70.1 Å². The van der Waals surface area contributed by atoms with Crippen molar-refractivity contribution in [1.82, 2.24) is 10.2 Å². The summed E-state index contributed by atoms with van der Waals surface area (Å²) in [6, 6.07) is 12.2. The predicted octanol–water partition coefficient (Wildman–Crippen LogP) is 4.92. The van der Waals surface area contributed by atoms with Gasteiger partial charge < -0.3 is 9.73 Å². The maximum absolute atomic E-state index is 11.8. The molecule has 2 heterocycles. The Morgan fingerprint density at radius 3 is 2.67 bits per heavy atom. The van der Waals surface area contributed by atoms with Gasteiger partial charge in [0.15, 0.2) is 11.6 Å². The monoisotopic (exact) mass is 379 g/mol. The van der Waals surface area contributed by atoms with Gasteiger partial charge in [-0.15, -0.1) is 10.2 Å². The highest BCUT2D eigenvalue weighted by Crippen LogP contribution is 2.26. The number of nitrogens with zero attached hydrogens (tertiary/aromatic N) is 2. The SMILES string of the molecule is O=C(Nc1ccc(SCc2ccc(Cl)c(Cl)c2)nn1)c1ccco1. The van der Waals surface area contributed by atoms with Crippen LogP contribution in [0.4, 0.5) is 5.82 Å². The summed E-state index contributed by atoms with van der Waals surface area (Å²) in [4.78, 5) is 11.8. The summed E-state index contributed by atoms with van der Waals surface area (Å²) in [5, 5.41) is 12.5. The highest BCUT2D eigenvalue weighted by Gasteiger charge is 2.10. The van der Waals surface area contributed by atoms with Crippen LogP contribution in [0.25, 0.3) is 0 Å². The molecule has 1 N–H and O–H groups in total. The van der Waals surface area contributed by atoms with Gasteiger partial charge in [0.25, 0.3) is 5.91 Å². The average molecular weight is 380 g/mol. The Hall–Kier alpha value is -2.02. The van der Waals surface area contributed by atoms with Gasteiger partial charge in [0, 0.05) is 5.75 Å². The molecule has 3 rings (SSSR count). The van der Waals surface area contributed by atoms with Crippen LogP contribution in [0.3, 0.4) is 0 Å². The molecule has 1 aromatic carbocycles. The van der Waals surface area contributed by atoms with Crippen molar-refractivity contribution < 1.29 is 9.21 Å². The van der Waals surface area contributed by atoms with E-state index in [0.717, 1.165) is 10.6 Å². The van der Waals surface area contributed by atoms with Gasteiger partial charge in [-0.2, -0.15) is 0 Å². The van der Waals surface area contributed by atoms with Crippen molar-refractivity contribution in [2.75, 3.05) is 5.32 Å². The number of furan rings is 1. The van der Waals surface area contributed by atoms with Crippen LogP contribution in [0.15, 0.2) is 58.2 Å². The van der Waals surface area contributed by atoms with Crippen LogP contribution < -0.4 is 5.32 Å². The molecule has 0 bridgehead atoms. The van der Waals surface area contributed by atoms with Gasteiger partial charge in [-0.1, -0.05) is 41.0 Å². The van der Waals surface area contributed by atoms with E-state index in [1.54, 1.807) is 30.3 Å². The second-order valence-electron chi connectivity index (χ2n) is 4.73. The molecule has 8 heteroatoms. The topological polar surface area (TPSA) is 68.0 Å². The van der Waals surface area contributed by atoms with Crippen molar-refractivity contribution in [1.29, 1.82) is 0 Å². The van der Waals surface area contributed by atoms with Crippen molar-refractivity contribution >= 4 is 46.7 Å². The van der Waals surface area contributed by atoms with Crippen LogP contribution in [0.5, 0.6) is 0 Å². The van der Waals surface area contributed by atoms with Crippen molar-refractivity contribution in [2.24, 2.45) is 0 Å². The Kier molecular flexibility index (Phi) is 5.40. The van der Waals surface area contributed by atoms with E-state index >= 15 is 0 Å². The van der Waals surface area contributed by atoms with Crippen LogP contribution in [0.1, 0.15) is 16.1 Å². The van der Waals surface area contributed by atoms with E-state index < -0.39 is 0 Å². The summed E-state index contributed by atoms with van der Waals surface area (Å²) < 4.78 is 5.01. The smallest absolute Gasteiger partial charge is 0.292 e. The lowest BCUT2D eigenvalue weighted by atomic mass is 10.2. The second-order valence-corrected chi connectivity index (χ2v) is 6.54. The maximum Gasteiger partial charge on any atom is 0.292 e. The first kappa shape index (κ1) is 16.8. The van der Waals surface area contributed by atoms with Gasteiger partial charge in [-0.05, 0) is 42.0 Å². The van der Waals surface area contributed by atoms with Crippen LogP contribution in [0, 0.1) is 0 Å². The molecule has 5 nitrogen and oxygen atoms in total. The molecule has 3 aromatic rings. The van der Waals surface area contributed by atoms with Gasteiger partial charge in [0.2, 0.25) is 0 Å². The Morgan fingerprint density at radius 1 is 1.12 bits per heavy atom. The zero-order valence-corrected chi connectivity index (χ0v) is 14.5. The van der Waals surface area contributed by atoms with E-state index in [1.165, 1.54) is 18.0 Å². The third-order valence-corrected chi connectivity index (χ3v) is 4.73. The van der Waals surface area contributed by atoms with Crippen LogP contribution in [-0.2, 0) is 5.75 Å². The number of hydrogen-bond donors (Lipinski definition) is 1. The van der Waals surface area contributed by atoms with E-state index in [1.807, 2.05) is 12.1 Å². The molecule has 0 saturated heterocycles. The largest absolute Gasteiger partial charge is 0.459 e.